The van der Waals surface area contributed by atoms with Gasteiger partial charge in [-0.2, -0.15) is 18.4 Å². The largest absolute Gasteiger partial charge is 0.417 e. The number of hydrogen-bond acceptors (Lipinski definition) is 3. The van der Waals surface area contributed by atoms with Crippen LogP contribution in [-0.2, 0) is 16.2 Å². The molecule has 4 rings (SSSR count). The van der Waals surface area contributed by atoms with Crippen molar-refractivity contribution in [2.24, 2.45) is 17.8 Å². The quantitative estimate of drug-likeness (QED) is 0.723. The van der Waals surface area contributed by atoms with Gasteiger partial charge in [-0.15, -0.1) is 0 Å². The zero-order valence-corrected chi connectivity index (χ0v) is 16.6. The number of nitrogens with zero attached hydrogens (tertiary/aromatic N) is 2. The van der Waals surface area contributed by atoms with Gasteiger partial charge >= 0.3 is 6.18 Å². The maximum absolute atomic E-state index is 13.7. The first kappa shape index (κ1) is 19.6. The van der Waals surface area contributed by atoms with E-state index in [1.165, 1.54) is 10.4 Å². The van der Waals surface area contributed by atoms with Crippen molar-refractivity contribution < 1.29 is 21.6 Å². The van der Waals surface area contributed by atoms with Crippen LogP contribution in [0.2, 0.25) is 0 Å². The molecular formula is C20H23F3N2O2S. The summed E-state index contributed by atoms with van der Waals surface area (Å²) >= 11 is 0. The fourth-order valence-corrected chi connectivity index (χ4v) is 8.88. The highest BCUT2D eigenvalue weighted by atomic mass is 32.2. The van der Waals surface area contributed by atoms with E-state index in [1.807, 2.05) is 6.92 Å². The molecule has 152 valence electrons. The van der Waals surface area contributed by atoms with Gasteiger partial charge < -0.3 is 0 Å². The lowest BCUT2D eigenvalue weighted by atomic mass is 9.74. The number of benzene rings is 1. The third-order valence-electron chi connectivity index (χ3n) is 7.25. The monoisotopic (exact) mass is 412 g/mol. The number of nitriles is 1. The van der Waals surface area contributed by atoms with Crippen LogP contribution < -0.4 is 4.31 Å². The van der Waals surface area contributed by atoms with E-state index in [2.05, 4.69) is 0 Å². The first-order valence-electron chi connectivity index (χ1n) is 9.72. The van der Waals surface area contributed by atoms with E-state index in [0.717, 1.165) is 37.8 Å². The number of rotatable bonds is 3. The van der Waals surface area contributed by atoms with Gasteiger partial charge in [-0.1, -0.05) is 13.3 Å². The number of sulfonamides is 1. The molecule has 2 saturated carbocycles. The van der Waals surface area contributed by atoms with Crippen molar-refractivity contribution in [3.05, 3.63) is 29.3 Å². The molecule has 3 aliphatic rings. The maximum Gasteiger partial charge on any atom is 0.417 e. The molecule has 1 aromatic rings. The van der Waals surface area contributed by atoms with E-state index in [-0.39, 0.29) is 23.6 Å². The second-order valence-electron chi connectivity index (χ2n) is 8.48. The van der Waals surface area contributed by atoms with E-state index in [4.69, 9.17) is 5.26 Å². The van der Waals surface area contributed by atoms with Crippen molar-refractivity contribution in [2.75, 3.05) is 4.31 Å². The highest BCUT2D eigenvalue weighted by Gasteiger charge is 2.71. The van der Waals surface area contributed by atoms with Crippen LogP contribution >= 0.6 is 0 Å². The van der Waals surface area contributed by atoms with Crippen LogP contribution in [0.25, 0.3) is 0 Å². The molecule has 28 heavy (non-hydrogen) atoms. The highest BCUT2D eigenvalue weighted by Crippen LogP contribution is 2.65. The van der Waals surface area contributed by atoms with Gasteiger partial charge in [0.15, 0.2) is 0 Å². The smallest absolute Gasteiger partial charge is 0.266 e. The normalized spacial score (nSPS) is 35.8. The van der Waals surface area contributed by atoms with E-state index < -0.39 is 32.1 Å². The molecule has 8 heteroatoms. The average molecular weight is 412 g/mol. The first-order valence-corrected chi connectivity index (χ1v) is 11.2. The lowest BCUT2D eigenvalue weighted by Gasteiger charge is -2.34. The summed E-state index contributed by atoms with van der Waals surface area (Å²) in [5, 5.41) is 9.05. The Balaban J connectivity index is 1.89. The lowest BCUT2D eigenvalue weighted by molar-refractivity contribution is -0.137. The molecule has 2 bridgehead atoms. The number of alkyl halides is 3. The van der Waals surface area contributed by atoms with Crippen molar-refractivity contribution in [2.45, 2.75) is 62.9 Å². The van der Waals surface area contributed by atoms with Crippen LogP contribution in [0.15, 0.2) is 18.2 Å². The predicted molar refractivity (Wildman–Crippen MR) is 99.0 cm³/mol. The van der Waals surface area contributed by atoms with Crippen LogP contribution in [0.1, 0.15) is 57.1 Å². The number of hydrogen-bond donors (Lipinski definition) is 0. The minimum Gasteiger partial charge on any atom is -0.266 e. The number of anilines is 1. The minimum atomic E-state index is -4.72. The highest BCUT2D eigenvalue weighted by molar-refractivity contribution is 7.94. The summed E-state index contributed by atoms with van der Waals surface area (Å²) in [6, 6.07) is 4.50. The molecule has 0 spiro atoms. The molecule has 0 N–H and O–H groups in total. The Morgan fingerprint density at radius 3 is 2.64 bits per heavy atom. The van der Waals surface area contributed by atoms with E-state index >= 15 is 0 Å². The second-order valence-corrected chi connectivity index (χ2v) is 10.7. The van der Waals surface area contributed by atoms with Crippen molar-refractivity contribution >= 4 is 15.7 Å². The van der Waals surface area contributed by atoms with Crippen molar-refractivity contribution in [1.29, 1.82) is 5.26 Å². The summed E-state index contributed by atoms with van der Waals surface area (Å²) in [6.07, 6.45) is -0.590. The Hall–Kier alpha value is -1.75. The van der Waals surface area contributed by atoms with Crippen molar-refractivity contribution in [1.82, 2.24) is 0 Å². The molecule has 0 radical (unpaired) electrons. The van der Waals surface area contributed by atoms with Crippen molar-refractivity contribution in [3.8, 4) is 6.07 Å². The first-order chi connectivity index (χ1) is 13.1. The van der Waals surface area contributed by atoms with Crippen LogP contribution in [0.5, 0.6) is 0 Å². The standard InChI is InChI=1S/C20H23F3N2O2S/c1-3-4-17-18-12-5-7-14(9-12)19(18,2)28(26,27)25(17)15-8-6-13(11-24)16(10-15)20(21,22)23/h6,8,10,12,14,17-18H,3-5,7,9H2,1-2H3/t12-,14+,17+,18+,19+/m0/s1. The van der Waals surface area contributed by atoms with E-state index in [0.29, 0.717) is 12.3 Å². The van der Waals surface area contributed by atoms with Crippen LogP contribution in [0.3, 0.4) is 0 Å². The lowest BCUT2D eigenvalue weighted by Crippen LogP contribution is -2.44. The van der Waals surface area contributed by atoms with Gasteiger partial charge in [0, 0.05) is 12.0 Å². The van der Waals surface area contributed by atoms with E-state index in [1.54, 1.807) is 13.0 Å². The van der Waals surface area contributed by atoms with Gasteiger partial charge in [0.1, 0.15) is 0 Å². The summed E-state index contributed by atoms with van der Waals surface area (Å²) in [7, 11) is -3.82. The Bertz CT molecular complexity index is 953. The van der Waals surface area contributed by atoms with Gasteiger partial charge in [-0.05, 0) is 62.6 Å². The van der Waals surface area contributed by atoms with Gasteiger partial charge in [-0.25, -0.2) is 8.42 Å². The molecule has 3 fully saturated rings. The Morgan fingerprint density at radius 1 is 1.32 bits per heavy atom. The van der Waals surface area contributed by atoms with Crippen molar-refractivity contribution in [3.63, 3.8) is 0 Å². The van der Waals surface area contributed by atoms with Crippen LogP contribution in [0, 0.1) is 29.1 Å². The zero-order valence-electron chi connectivity index (χ0n) is 15.8. The molecule has 4 nitrogen and oxygen atoms in total. The van der Waals surface area contributed by atoms with Gasteiger partial charge in [0.25, 0.3) is 0 Å². The van der Waals surface area contributed by atoms with Crippen LogP contribution in [-0.4, -0.2) is 19.2 Å². The maximum atomic E-state index is 13.7. The molecule has 1 aromatic carbocycles. The minimum absolute atomic E-state index is 0.0276. The average Bonchev–Trinajstić information content (AvgIpc) is 3.25. The summed E-state index contributed by atoms with van der Waals surface area (Å²) in [5.74, 6) is 0.324. The molecule has 0 amide bonds. The molecular weight excluding hydrogens is 389 g/mol. The van der Waals surface area contributed by atoms with Crippen LogP contribution in [0.4, 0.5) is 18.9 Å². The fourth-order valence-electron chi connectivity index (χ4n) is 6.14. The Morgan fingerprint density at radius 2 is 2.04 bits per heavy atom. The van der Waals surface area contributed by atoms with Gasteiger partial charge in [0.05, 0.1) is 27.6 Å². The number of halogens is 3. The zero-order chi connectivity index (χ0) is 20.5. The summed E-state index contributed by atoms with van der Waals surface area (Å²) in [4.78, 5) is 0. The van der Waals surface area contributed by atoms with E-state index in [9.17, 15) is 21.6 Å². The SMILES string of the molecule is CCC[C@@H]1[C@H]2[C@H]3CC[C@H](C3)[C@@]2(C)S(=O)(=O)N1c1ccc(C#N)c(C(F)(F)F)c1. The predicted octanol–water partition coefficient (Wildman–Crippen LogP) is 4.70. The molecule has 5 atom stereocenters. The molecule has 1 aliphatic heterocycles. The molecule has 0 unspecified atom stereocenters. The third-order valence-corrected chi connectivity index (χ3v) is 9.97. The summed E-state index contributed by atoms with van der Waals surface area (Å²) in [6.45, 7) is 3.77. The molecule has 0 aromatic heterocycles. The fraction of sp³-hybridized carbons (Fsp3) is 0.650. The topological polar surface area (TPSA) is 61.2 Å². The Labute approximate surface area is 163 Å². The number of fused-ring (bicyclic) bond motifs is 5. The third kappa shape index (κ3) is 2.38. The summed E-state index contributed by atoms with van der Waals surface area (Å²) in [5.41, 5.74) is -1.55. The molecule has 1 heterocycles. The van der Waals surface area contributed by atoms with Gasteiger partial charge in [-0.3, -0.25) is 4.31 Å². The second kappa shape index (κ2) is 6.12. The Kier molecular flexibility index (Phi) is 4.28. The van der Waals surface area contributed by atoms with Gasteiger partial charge in [0.2, 0.25) is 10.0 Å². The summed E-state index contributed by atoms with van der Waals surface area (Å²) < 4.78 is 68.1. The molecule has 2 aliphatic carbocycles. The molecule has 1 saturated heterocycles.